The molecule has 0 bridgehead atoms. The number of ether oxygens (including phenoxy) is 1. The number of carbonyl (C=O) groups excluding carboxylic acids is 1. The van der Waals surface area contributed by atoms with E-state index < -0.39 is 6.04 Å². The van der Waals surface area contributed by atoms with Crippen LogP contribution < -0.4 is 4.74 Å². The Bertz CT molecular complexity index is 976. The third-order valence-corrected chi connectivity index (χ3v) is 5.22. The Morgan fingerprint density at radius 2 is 2.14 bits per heavy atom. The van der Waals surface area contributed by atoms with Gasteiger partial charge >= 0.3 is 6.03 Å². The van der Waals surface area contributed by atoms with Crippen molar-refractivity contribution in [1.82, 2.24) is 9.91 Å². The fourth-order valence-corrected chi connectivity index (χ4v) is 4.05. The monoisotopic (exact) mass is 397 g/mol. The maximum atomic E-state index is 13.9. The number of urea groups is 1. The summed E-state index contributed by atoms with van der Waals surface area (Å²) < 4.78 is 19.8. The van der Waals surface area contributed by atoms with E-state index in [0.29, 0.717) is 36.1 Å². The average molecular weight is 397 g/mol. The Kier molecular flexibility index (Phi) is 4.90. The van der Waals surface area contributed by atoms with Crippen molar-refractivity contribution < 1.29 is 19.0 Å². The molecule has 0 fully saturated rings. The van der Waals surface area contributed by atoms with E-state index in [4.69, 9.17) is 4.74 Å². The first-order valence-corrected chi connectivity index (χ1v) is 9.69. The van der Waals surface area contributed by atoms with Crippen LogP contribution in [-0.2, 0) is 0 Å². The van der Waals surface area contributed by atoms with Gasteiger partial charge < -0.3 is 14.7 Å². The van der Waals surface area contributed by atoms with Crippen molar-refractivity contribution in [2.45, 2.75) is 19.9 Å². The van der Waals surface area contributed by atoms with Crippen LogP contribution in [-0.4, -0.2) is 47.0 Å². The lowest BCUT2D eigenvalue weighted by molar-refractivity contribution is 0.130. The lowest BCUT2D eigenvalue weighted by atomic mass is 9.86. The highest BCUT2D eigenvalue weighted by atomic mass is 19.1. The normalized spacial score (nSPS) is 20.0. The molecule has 7 heteroatoms. The molecule has 29 heavy (non-hydrogen) atoms. The molecule has 152 valence electrons. The molecule has 4 rings (SSSR count). The first-order valence-electron chi connectivity index (χ1n) is 9.69. The van der Waals surface area contributed by atoms with Gasteiger partial charge in [-0.25, -0.2) is 14.2 Å². The van der Waals surface area contributed by atoms with Gasteiger partial charge in [-0.15, -0.1) is 0 Å². The first-order chi connectivity index (χ1) is 13.8. The Balaban J connectivity index is 1.78. The average Bonchev–Trinajstić information content (AvgIpc) is 3.06. The predicted molar refractivity (Wildman–Crippen MR) is 107 cm³/mol. The van der Waals surface area contributed by atoms with E-state index in [1.807, 2.05) is 19.9 Å². The van der Waals surface area contributed by atoms with Gasteiger partial charge in [0.15, 0.2) is 0 Å². The molecule has 2 aliphatic heterocycles. The molecule has 0 saturated carbocycles. The Morgan fingerprint density at radius 3 is 2.86 bits per heavy atom. The van der Waals surface area contributed by atoms with Gasteiger partial charge in [-0.1, -0.05) is 26.0 Å². The summed E-state index contributed by atoms with van der Waals surface area (Å²) in [4.78, 5) is 14.9. The van der Waals surface area contributed by atoms with Crippen LogP contribution in [0.3, 0.4) is 0 Å². The summed E-state index contributed by atoms with van der Waals surface area (Å²) in [6.45, 7) is 4.98. The summed E-state index contributed by atoms with van der Waals surface area (Å²) in [5.74, 6) is 0.329. The van der Waals surface area contributed by atoms with Crippen molar-refractivity contribution >= 4 is 11.7 Å². The number of amides is 2. The number of hydrazone groups is 1. The third-order valence-electron chi connectivity index (χ3n) is 5.22. The minimum absolute atomic E-state index is 0.113. The second-order valence-corrected chi connectivity index (χ2v) is 7.98. The lowest BCUT2D eigenvalue weighted by Gasteiger charge is -2.32. The van der Waals surface area contributed by atoms with Crippen molar-refractivity contribution in [3.8, 4) is 11.5 Å². The number of benzene rings is 2. The minimum atomic E-state index is -0.448. The molecule has 0 spiro atoms. The highest BCUT2D eigenvalue weighted by Crippen LogP contribution is 2.43. The molecule has 2 amide bonds. The highest BCUT2D eigenvalue weighted by molar-refractivity contribution is 6.07. The molecule has 0 unspecified atom stereocenters. The number of halogens is 1. The molecule has 6 nitrogen and oxygen atoms in total. The number of fused-ring (bicyclic) bond motifs is 3. The molecule has 2 aliphatic rings. The molecule has 0 saturated heterocycles. The van der Waals surface area contributed by atoms with E-state index in [1.54, 1.807) is 36.2 Å². The fourth-order valence-electron chi connectivity index (χ4n) is 4.05. The molecular formula is C22H24FN3O3. The number of phenolic OH excluding ortho intramolecular Hbond substituents is 1. The number of hydrogen-bond acceptors (Lipinski definition) is 4. The Hall–Kier alpha value is -3.09. The van der Waals surface area contributed by atoms with E-state index in [2.05, 4.69) is 5.10 Å². The molecule has 2 aromatic carbocycles. The van der Waals surface area contributed by atoms with Crippen LogP contribution in [0.4, 0.5) is 9.18 Å². The topological polar surface area (TPSA) is 65.4 Å². The van der Waals surface area contributed by atoms with Crippen molar-refractivity contribution in [1.29, 1.82) is 0 Å². The number of phenols is 1. The van der Waals surface area contributed by atoms with Crippen LogP contribution in [0.2, 0.25) is 0 Å². The molecule has 2 atom stereocenters. The van der Waals surface area contributed by atoms with Crippen LogP contribution in [0.5, 0.6) is 11.5 Å². The fraction of sp³-hybridized carbons (Fsp3) is 0.364. The minimum Gasteiger partial charge on any atom is -0.508 e. The van der Waals surface area contributed by atoms with Gasteiger partial charge in [0, 0.05) is 19.2 Å². The van der Waals surface area contributed by atoms with Crippen molar-refractivity contribution in [3.63, 3.8) is 0 Å². The Morgan fingerprint density at radius 1 is 1.34 bits per heavy atom. The summed E-state index contributed by atoms with van der Waals surface area (Å²) in [6, 6.07) is 10.4. The number of nitrogens with zero attached hydrogens (tertiary/aromatic N) is 3. The number of hydrogen-bond donors (Lipinski definition) is 1. The van der Waals surface area contributed by atoms with Crippen LogP contribution in [0, 0.1) is 17.7 Å². The van der Waals surface area contributed by atoms with E-state index >= 15 is 0 Å². The van der Waals surface area contributed by atoms with Gasteiger partial charge in [0.05, 0.1) is 24.3 Å². The molecule has 1 N–H and O–H groups in total. The van der Waals surface area contributed by atoms with Gasteiger partial charge in [-0.3, -0.25) is 0 Å². The quantitative estimate of drug-likeness (QED) is 0.851. The SMILES string of the molecule is CC(C)CN(C)C(=O)N1N=C2c3cc(F)ccc3OC[C@@H]2[C@H]1c1cccc(O)c1. The maximum absolute atomic E-state index is 13.9. The third kappa shape index (κ3) is 3.52. The van der Waals surface area contributed by atoms with Crippen molar-refractivity contribution in [2.24, 2.45) is 16.9 Å². The molecule has 0 radical (unpaired) electrons. The lowest BCUT2D eigenvalue weighted by Crippen LogP contribution is -2.42. The van der Waals surface area contributed by atoms with E-state index in [0.717, 1.165) is 5.56 Å². The number of aromatic hydroxyl groups is 1. The van der Waals surface area contributed by atoms with Crippen LogP contribution >= 0.6 is 0 Å². The van der Waals surface area contributed by atoms with E-state index in [-0.39, 0.29) is 23.5 Å². The highest BCUT2D eigenvalue weighted by Gasteiger charge is 2.46. The van der Waals surface area contributed by atoms with Gasteiger partial charge in [0.1, 0.15) is 17.3 Å². The molecule has 0 aliphatic carbocycles. The van der Waals surface area contributed by atoms with Gasteiger partial charge in [-0.2, -0.15) is 5.10 Å². The smallest absolute Gasteiger partial charge is 0.340 e. The summed E-state index contributed by atoms with van der Waals surface area (Å²) in [5, 5.41) is 16.1. The standard InChI is InChI=1S/C22H24FN3O3/c1-13(2)11-25(3)22(28)26-21(14-5-4-6-16(27)9-14)18-12-29-19-8-7-15(23)10-17(19)20(18)24-26/h4-10,13,18,21,27H,11-12H2,1-3H3/t18-,21+/m0/s1. The van der Waals surface area contributed by atoms with E-state index in [1.165, 1.54) is 17.1 Å². The molecule has 2 heterocycles. The van der Waals surface area contributed by atoms with Gasteiger partial charge in [-0.05, 0) is 41.8 Å². The summed E-state index contributed by atoms with van der Waals surface area (Å²) in [7, 11) is 1.74. The van der Waals surface area contributed by atoms with Crippen molar-refractivity contribution in [3.05, 3.63) is 59.4 Å². The van der Waals surface area contributed by atoms with Crippen LogP contribution in [0.25, 0.3) is 0 Å². The van der Waals surface area contributed by atoms with E-state index in [9.17, 15) is 14.3 Å². The zero-order valence-electron chi connectivity index (χ0n) is 16.7. The summed E-state index contributed by atoms with van der Waals surface area (Å²) >= 11 is 0. The van der Waals surface area contributed by atoms with Gasteiger partial charge in [0.2, 0.25) is 0 Å². The zero-order valence-corrected chi connectivity index (χ0v) is 16.7. The summed E-state index contributed by atoms with van der Waals surface area (Å²) in [6.07, 6.45) is 0. The molecule has 0 aromatic heterocycles. The zero-order chi connectivity index (χ0) is 20.7. The molecular weight excluding hydrogens is 373 g/mol. The predicted octanol–water partition coefficient (Wildman–Crippen LogP) is 4.01. The van der Waals surface area contributed by atoms with Gasteiger partial charge in [0.25, 0.3) is 0 Å². The largest absolute Gasteiger partial charge is 0.508 e. The maximum Gasteiger partial charge on any atom is 0.340 e. The van der Waals surface area contributed by atoms with Crippen molar-refractivity contribution in [2.75, 3.05) is 20.2 Å². The second-order valence-electron chi connectivity index (χ2n) is 7.98. The summed E-state index contributed by atoms with van der Waals surface area (Å²) in [5.41, 5.74) is 1.95. The first kappa shape index (κ1) is 19.2. The second kappa shape index (κ2) is 7.39. The molecule has 2 aromatic rings. The number of rotatable bonds is 3. The van der Waals surface area contributed by atoms with Crippen LogP contribution in [0.15, 0.2) is 47.6 Å². The number of carbonyl (C=O) groups is 1. The Labute approximate surface area is 169 Å². The van der Waals surface area contributed by atoms with Crippen LogP contribution in [0.1, 0.15) is 31.0 Å².